The summed E-state index contributed by atoms with van der Waals surface area (Å²) in [6, 6.07) is 27.2. The standard InChI is InChI=1S/C20H23N3O.C9H10N2O.2C8H8FNO2/c1-24-17-13-19-18(7-8-21-19)20(14-17)23-11-9-22(10-12-23)15-16-5-3-2-4-6-16;1-12-6-4-8(10)7-2-3-11-9(7)5-6;2*1-5-3-7(9)4-8(6(5)2)10(11)12/h2-8,13-14,21H,9-12,15H2,1H3;2-5,11H,10H2,1H3;2*3-4H,1-2H3. The number of fused-ring (bicyclic) bond motifs is 2. The number of nitrogens with two attached hydrogens (primary N) is 1. The van der Waals surface area contributed by atoms with Crippen molar-refractivity contribution in [3.8, 4) is 11.5 Å². The number of hydrogen-bond donors (Lipinski definition) is 3. The van der Waals surface area contributed by atoms with Crippen molar-refractivity contribution in [1.82, 2.24) is 14.9 Å². The second kappa shape index (κ2) is 20.1. The van der Waals surface area contributed by atoms with E-state index in [9.17, 15) is 29.0 Å². The summed E-state index contributed by atoms with van der Waals surface area (Å²) in [6.07, 6.45) is 3.86. The zero-order chi connectivity index (χ0) is 43.5. The predicted molar refractivity (Wildman–Crippen MR) is 233 cm³/mol. The van der Waals surface area contributed by atoms with Crippen molar-refractivity contribution in [3.05, 3.63) is 163 Å². The van der Waals surface area contributed by atoms with Crippen LogP contribution in [-0.4, -0.2) is 65.1 Å². The fourth-order valence-corrected chi connectivity index (χ4v) is 6.75. The molecule has 13 nitrogen and oxygen atoms in total. The molecule has 0 unspecified atom stereocenters. The van der Waals surface area contributed by atoms with Crippen LogP contribution < -0.4 is 20.1 Å². The van der Waals surface area contributed by atoms with E-state index < -0.39 is 21.5 Å². The van der Waals surface area contributed by atoms with E-state index >= 15 is 0 Å². The fourth-order valence-electron chi connectivity index (χ4n) is 6.75. The van der Waals surface area contributed by atoms with E-state index in [0.717, 1.165) is 78.5 Å². The molecule has 0 spiro atoms. The second-order valence-corrected chi connectivity index (χ2v) is 14.2. The van der Waals surface area contributed by atoms with Crippen molar-refractivity contribution in [1.29, 1.82) is 0 Å². The highest BCUT2D eigenvalue weighted by Gasteiger charge is 2.20. The lowest BCUT2D eigenvalue weighted by Crippen LogP contribution is -2.46. The molecule has 7 aromatic rings. The molecule has 60 heavy (non-hydrogen) atoms. The summed E-state index contributed by atoms with van der Waals surface area (Å²) in [5.74, 6) is 0.559. The molecule has 1 aliphatic heterocycles. The van der Waals surface area contributed by atoms with Gasteiger partial charge < -0.3 is 30.1 Å². The van der Waals surface area contributed by atoms with Gasteiger partial charge >= 0.3 is 0 Å². The van der Waals surface area contributed by atoms with Gasteiger partial charge in [-0.2, -0.15) is 0 Å². The minimum atomic E-state index is -0.578. The molecule has 0 atom stereocenters. The van der Waals surface area contributed by atoms with Gasteiger partial charge in [-0.05, 0) is 68.7 Å². The summed E-state index contributed by atoms with van der Waals surface area (Å²) in [4.78, 5) is 30.9. The molecule has 314 valence electrons. The summed E-state index contributed by atoms with van der Waals surface area (Å²) in [6.45, 7) is 11.8. The Morgan fingerprint density at radius 3 is 1.65 bits per heavy atom. The van der Waals surface area contributed by atoms with Gasteiger partial charge in [0.1, 0.15) is 23.1 Å². The molecule has 1 fully saturated rings. The molecule has 3 heterocycles. The smallest absolute Gasteiger partial charge is 0.275 e. The Morgan fingerprint density at radius 1 is 0.667 bits per heavy atom. The molecule has 1 aliphatic rings. The molecule has 0 aliphatic carbocycles. The lowest BCUT2D eigenvalue weighted by Gasteiger charge is -2.36. The number of nitrogen functional groups attached to an aromatic ring is 1. The highest BCUT2D eigenvalue weighted by atomic mass is 19.1. The number of aromatic amines is 2. The Kier molecular flexibility index (Phi) is 14.8. The number of aromatic nitrogens is 2. The van der Waals surface area contributed by atoms with Crippen molar-refractivity contribution in [2.75, 3.05) is 51.0 Å². The van der Waals surface area contributed by atoms with Crippen LogP contribution in [0.3, 0.4) is 0 Å². The number of H-pyrrole nitrogens is 2. The van der Waals surface area contributed by atoms with E-state index in [0.29, 0.717) is 22.3 Å². The maximum atomic E-state index is 12.7. The molecule has 8 rings (SSSR count). The molecule has 1 saturated heterocycles. The van der Waals surface area contributed by atoms with E-state index in [-0.39, 0.29) is 11.4 Å². The van der Waals surface area contributed by atoms with E-state index in [1.807, 2.05) is 30.6 Å². The monoisotopic (exact) mass is 821 g/mol. The summed E-state index contributed by atoms with van der Waals surface area (Å²) in [5, 5.41) is 23.0. The first-order valence-electron chi connectivity index (χ1n) is 19.1. The molecule has 5 aromatic carbocycles. The van der Waals surface area contributed by atoms with Crippen LogP contribution in [0.2, 0.25) is 0 Å². The Morgan fingerprint density at radius 2 is 1.15 bits per heavy atom. The van der Waals surface area contributed by atoms with Gasteiger partial charge in [0.25, 0.3) is 11.4 Å². The lowest BCUT2D eigenvalue weighted by molar-refractivity contribution is -0.385. The number of piperazine rings is 1. The predicted octanol–water partition coefficient (Wildman–Crippen LogP) is 9.96. The fraction of sp³-hybridized carbons (Fsp3) is 0.244. The van der Waals surface area contributed by atoms with Crippen LogP contribution >= 0.6 is 0 Å². The highest BCUT2D eigenvalue weighted by molar-refractivity contribution is 5.94. The Hall–Kier alpha value is -7.00. The zero-order valence-corrected chi connectivity index (χ0v) is 34.4. The zero-order valence-electron chi connectivity index (χ0n) is 34.4. The summed E-state index contributed by atoms with van der Waals surface area (Å²) >= 11 is 0. The van der Waals surface area contributed by atoms with Crippen LogP contribution in [0.4, 0.5) is 31.5 Å². The summed E-state index contributed by atoms with van der Waals surface area (Å²) in [7, 11) is 3.36. The maximum Gasteiger partial charge on any atom is 0.275 e. The number of aryl methyl sites for hydroxylation is 2. The number of nitro benzene ring substituents is 2. The first-order chi connectivity index (χ1) is 28.7. The number of ether oxygens (including phenoxy) is 2. The number of rotatable bonds is 7. The molecular weight excluding hydrogens is 773 g/mol. The molecule has 0 bridgehead atoms. The molecule has 4 N–H and O–H groups in total. The topological polar surface area (TPSA) is 169 Å². The first-order valence-corrected chi connectivity index (χ1v) is 19.1. The molecule has 15 heteroatoms. The number of methoxy groups -OCH3 is 2. The molecule has 2 aromatic heterocycles. The van der Waals surface area contributed by atoms with Crippen LogP contribution in [0, 0.1) is 59.6 Å². The number of halogens is 2. The number of nitrogens with one attached hydrogen (secondary N) is 2. The number of nitrogens with zero attached hydrogens (tertiary/aromatic N) is 4. The van der Waals surface area contributed by atoms with Crippen molar-refractivity contribution in [3.63, 3.8) is 0 Å². The van der Waals surface area contributed by atoms with Crippen molar-refractivity contribution >= 4 is 44.6 Å². The second-order valence-electron chi connectivity index (χ2n) is 14.2. The first kappa shape index (κ1) is 44.1. The van der Waals surface area contributed by atoms with Gasteiger partial charge in [0, 0.05) is 103 Å². The molecule has 0 radical (unpaired) electrons. The highest BCUT2D eigenvalue weighted by Crippen LogP contribution is 2.32. The van der Waals surface area contributed by atoms with Crippen molar-refractivity contribution < 1.29 is 28.1 Å². The normalized spacial score (nSPS) is 12.4. The molecule has 0 amide bonds. The average molecular weight is 822 g/mol. The van der Waals surface area contributed by atoms with E-state index in [2.05, 4.69) is 68.3 Å². The van der Waals surface area contributed by atoms with Gasteiger partial charge in [-0.3, -0.25) is 25.1 Å². The average Bonchev–Trinajstić information content (AvgIpc) is 3.92. The number of benzene rings is 5. The third-order valence-corrected chi connectivity index (χ3v) is 10.3. The third-order valence-electron chi connectivity index (χ3n) is 10.3. The third kappa shape index (κ3) is 11.1. The minimum Gasteiger partial charge on any atom is -0.497 e. The van der Waals surface area contributed by atoms with Gasteiger partial charge in [0.2, 0.25) is 0 Å². The molecule has 0 saturated carbocycles. The van der Waals surface area contributed by atoms with Crippen LogP contribution in [0.1, 0.15) is 27.8 Å². The Labute approximate surface area is 346 Å². The van der Waals surface area contributed by atoms with Crippen LogP contribution in [0.5, 0.6) is 11.5 Å². The largest absolute Gasteiger partial charge is 0.497 e. The number of nitro groups is 2. The molecular formula is C45H49F2N7O6. The Bertz CT molecular complexity index is 2500. The SMILES string of the molecule is COc1cc(N)c2cc[nH]c2c1.COc1cc(N2CCN(Cc3ccccc3)CC2)c2cc[nH]c2c1.Cc1cc(F)cc([N+](=O)[O-])c1C.Cc1cc(F)cc([N+](=O)[O-])c1C. The van der Waals surface area contributed by atoms with E-state index in [4.69, 9.17) is 15.2 Å². The van der Waals surface area contributed by atoms with Crippen LogP contribution in [0.15, 0.2) is 103 Å². The van der Waals surface area contributed by atoms with Crippen molar-refractivity contribution in [2.45, 2.75) is 34.2 Å². The van der Waals surface area contributed by atoms with Gasteiger partial charge in [-0.15, -0.1) is 0 Å². The number of anilines is 2. The quantitative estimate of drug-likeness (QED) is 0.0805. The number of hydrogen-bond acceptors (Lipinski definition) is 9. The van der Waals surface area contributed by atoms with E-state index in [1.165, 1.54) is 28.8 Å². The van der Waals surface area contributed by atoms with Gasteiger partial charge in [-0.1, -0.05) is 30.3 Å². The van der Waals surface area contributed by atoms with Crippen LogP contribution in [0.25, 0.3) is 21.8 Å². The Balaban J connectivity index is 0.000000162. The minimum absolute atomic E-state index is 0.160. The van der Waals surface area contributed by atoms with Gasteiger partial charge in [0.15, 0.2) is 0 Å². The van der Waals surface area contributed by atoms with Crippen LogP contribution in [-0.2, 0) is 6.54 Å². The summed E-state index contributed by atoms with van der Waals surface area (Å²) < 4.78 is 35.9. The maximum absolute atomic E-state index is 12.7. The van der Waals surface area contributed by atoms with Gasteiger partial charge in [0.05, 0.1) is 47.2 Å². The van der Waals surface area contributed by atoms with Crippen molar-refractivity contribution in [2.24, 2.45) is 0 Å². The lowest BCUT2D eigenvalue weighted by atomic mass is 10.1. The van der Waals surface area contributed by atoms with E-state index in [1.54, 1.807) is 41.9 Å². The summed E-state index contributed by atoms with van der Waals surface area (Å²) in [5.41, 5.74) is 13.2. The van der Waals surface area contributed by atoms with Gasteiger partial charge in [-0.25, -0.2) is 8.78 Å².